The first-order valence-corrected chi connectivity index (χ1v) is 9.95. The van der Waals surface area contributed by atoms with E-state index in [1.165, 1.54) is 5.56 Å². The van der Waals surface area contributed by atoms with Gasteiger partial charge in [-0.05, 0) is 17.7 Å². The van der Waals surface area contributed by atoms with Crippen LogP contribution in [0.2, 0.25) is 0 Å². The zero-order chi connectivity index (χ0) is 19.3. The van der Waals surface area contributed by atoms with E-state index >= 15 is 0 Å². The molecule has 0 atom stereocenters. The van der Waals surface area contributed by atoms with Crippen molar-refractivity contribution < 1.29 is 18.9 Å². The zero-order valence-corrected chi connectivity index (χ0v) is 16.4. The molecule has 0 bridgehead atoms. The molecule has 28 heavy (non-hydrogen) atoms. The van der Waals surface area contributed by atoms with Crippen molar-refractivity contribution in [1.29, 1.82) is 0 Å². The van der Waals surface area contributed by atoms with Crippen LogP contribution in [0.5, 0.6) is 0 Å². The molecule has 1 aliphatic heterocycles. The maximum absolute atomic E-state index is 5.70. The number of pyridine rings is 1. The second-order valence-electron chi connectivity index (χ2n) is 6.64. The second-order valence-corrected chi connectivity index (χ2v) is 6.64. The van der Waals surface area contributed by atoms with Gasteiger partial charge in [0.15, 0.2) is 0 Å². The van der Waals surface area contributed by atoms with E-state index in [2.05, 4.69) is 34.1 Å². The molecular weight excluding hydrogens is 356 g/mol. The van der Waals surface area contributed by atoms with Crippen molar-refractivity contribution in [2.45, 2.75) is 6.54 Å². The lowest BCUT2D eigenvalue weighted by Gasteiger charge is -2.22. The lowest BCUT2D eigenvalue weighted by molar-refractivity contribution is 0.00206. The average Bonchev–Trinajstić information content (AvgIpc) is 2.75. The van der Waals surface area contributed by atoms with Crippen molar-refractivity contribution in [2.75, 3.05) is 65.9 Å². The van der Waals surface area contributed by atoms with Crippen LogP contribution in [0.3, 0.4) is 0 Å². The molecule has 0 aliphatic carbocycles. The van der Waals surface area contributed by atoms with Crippen LogP contribution in [0.4, 0.5) is 0 Å². The van der Waals surface area contributed by atoms with Crippen molar-refractivity contribution in [3.63, 3.8) is 0 Å². The van der Waals surface area contributed by atoms with Crippen molar-refractivity contribution in [2.24, 2.45) is 0 Å². The molecule has 0 radical (unpaired) electrons. The minimum atomic E-state index is 0.601. The number of ether oxygens (including phenoxy) is 4. The van der Waals surface area contributed by atoms with Crippen molar-refractivity contribution in [1.82, 2.24) is 9.88 Å². The molecule has 1 aromatic heterocycles. The fraction of sp³-hybridized carbons (Fsp3) is 0.500. The Bertz CT molecular complexity index is 635. The second kappa shape index (κ2) is 12.6. The van der Waals surface area contributed by atoms with Gasteiger partial charge in [-0.15, -0.1) is 0 Å². The van der Waals surface area contributed by atoms with Crippen molar-refractivity contribution >= 4 is 0 Å². The number of aromatic nitrogens is 1. The van der Waals surface area contributed by atoms with Crippen molar-refractivity contribution in [3.8, 4) is 11.3 Å². The molecule has 0 unspecified atom stereocenters. The van der Waals surface area contributed by atoms with Gasteiger partial charge in [-0.2, -0.15) is 0 Å². The van der Waals surface area contributed by atoms with Crippen LogP contribution < -0.4 is 0 Å². The molecule has 1 aromatic carbocycles. The number of hydrogen-bond acceptors (Lipinski definition) is 6. The van der Waals surface area contributed by atoms with Gasteiger partial charge in [0.1, 0.15) is 0 Å². The number of rotatable bonds is 3. The van der Waals surface area contributed by atoms with E-state index < -0.39 is 0 Å². The Hall–Kier alpha value is -1.83. The molecule has 0 N–H and O–H groups in total. The third-order valence-corrected chi connectivity index (χ3v) is 4.54. The topological polar surface area (TPSA) is 53.1 Å². The largest absolute Gasteiger partial charge is 0.378 e. The Labute approximate surface area is 167 Å². The molecule has 152 valence electrons. The fourth-order valence-corrected chi connectivity index (χ4v) is 2.99. The highest BCUT2D eigenvalue weighted by molar-refractivity contribution is 5.58. The molecule has 1 fully saturated rings. The standard InChI is InChI=1S/C22H30N2O4/c1-2-8-23-22(3-1)21-6-4-20(5-7-21)19-24-9-11-25-13-15-27-17-18-28-16-14-26-12-10-24/h1-8H,9-19H2. The Morgan fingerprint density at radius 3 is 1.79 bits per heavy atom. The minimum Gasteiger partial charge on any atom is -0.378 e. The Balaban J connectivity index is 1.53. The predicted octanol–water partition coefficient (Wildman–Crippen LogP) is 2.63. The van der Waals surface area contributed by atoms with Crippen LogP contribution in [0, 0.1) is 0 Å². The zero-order valence-electron chi connectivity index (χ0n) is 16.4. The highest BCUT2D eigenvalue weighted by Gasteiger charge is 2.08. The summed E-state index contributed by atoms with van der Waals surface area (Å²) in [6.45, 7) is 7.60. The van der Waals surface area contributed by atoms with Crippen LogP contribution in [0.1, 0.15) is 5.56 Å². The van der Waals surface area contributed by atoms with Gasteiger partial charge >= 0.3 is 0 Å². The summed E-state index contributed by atoms with van der Waals surface area (Å²) in [7, 11) is 0. The number of hydrogen-bond donors (Lipinski definition) is 0. The molecule has 0 spiro atoms. The summed E-state index contributed by atoms with van der Waals surface area (Å²) in [5.74, 6) is 0. The van der Waals surface area contributed by atoms with Crippen LogP contribution in [0.15, 0.2) is 48.7 Å². The molecular formula is C22H30N2O4. The van der Waals surface area contributed by atoms with E-state index in [0.717, 1.165) is 30.9 Å². The van der Waals surface area contributed by atoms with Gasteiger partial charge in [0.05, 0.1) is 58.5 Å². The van der Waals surface area contributed by atoms with Crippen LogP contribution in [-0.2, 0) is 25.5 Å². The van der Waals surface area contributed by atoms with E-state index in [0.29, 0.717) is 52.9 Å². The normalized spacial score (nSPS) is 18.9. The smallest absolute Gasteiger partial charge is 0.0701 e. The quantitative estimate of drug-likeness (QED) is 0.808. The first kappa shape index (κ1) is 20.9. The summed E-state index contributed by atoms with van der Waals surface area (Å²) in [6.07, 6.45) is 1.82. The van der Waals surface area contributed by atoms with Crippen LogP contribution in [0.25, 0.3) is 11.3 Å². The maximum Gasteiger partial charge on any atom is 0.0701 e. The monoisotopic (exact) mass is 386 g/mol. The van der Waals surface area contributed by atoms with Crippen molar-refractivity contribution in [3.05, 3.63) is 54.2 Å². The first-order chi connectivity index (χ1) is 13.9. The summed E-state index contributed by atoms with van der Waals surface area (Å²) < 4.78 is 22.3. The molecule has 2 aromatic rings. The summed E-state index contributed by atoms with van der Waals surface area (Å²) in [4.78, 5) is 6.77. The third kappa shape index (κ3) is 7.66. The Morgan fingerprint density at radius 1 is 0.679 bits per heavy atom. The third-order valence-electron chi connectivity index (χ3n) is 4.54. The summed E-state index contributed by atoms with van der Waals surface area (Å²) in [5, 5.41) is 0. The first-order valence-electron chi connectivity index (χ1n) is 9.95. The number of benzene rings is 1. The summed E-state index contributed by atoms with van der Waals surface area (Å²) >= 11 is 0. The van der Waals surface area contributed by atoms with E-state index in [1.54, 1.807) is 0 Å². The van der Waals surface area contributed by atoms with Crippen LogP contribution in [-0.4, -0.2) is 75.8 Å². The maximum atomic E-state index is 5.70. The SMILES string of the molecule is c1ccc(-c2ccc(CN3CCOCCOCCOCCOCC3)cc2)nc1. The molecule has 1 aliphatic rings. The van der Waals surface area contributed by atoms with E-state index in [1.807, 2.05) is 24.4 Å². The van der Waals surface area contributed by atoms with Gasteiger partial charge in [-0.1, -0.05) is 30.3 Å². The molecule has 6 heteroatoms. The predicted molar refractivity (Wildman–Crippen MR) is 108 cm³/mol. The minimum absolute atomic E-state index is 0.601. The molecule has 2 heterocycles. The molecule has 0 amide bonds. The fourth-order valence-electron chi connectivity index (χ4n) is 2.99. The Kier molecular flexibility index (Phi) is 9.40. The molecule has 3 rings (SSSR count). The van der Waals surface area contributed by atoms with Gasteiger partial charge in [-0.25, -0.2) is 0 Å². The van der Waals surface area contributed by atoms with E-state index in [-0.39, 0.29) is 0 Å². The Morgan fingerprint density at radius 2 is 1.25 bits per heavy atom. The van der Waals surface area contributed by atoms with Gasteiger partial charge in [0.2, 0.25) is 0 Å². The summed E-state index contributed by atoms with van der Waals surface area (Å²) in [6, 6.07) is 14.6. The average molecular weight is 386 g/mol. The molecule has 6 nitrogen and oxygen atoms in total. The van der Waals surface area contributed by atoms with Gasteiger partial charge in [0.25, 0.3) is 0 Å². The van der Waals surface area contributed by atoms with Gasteiger partial charge in [-0.3, -0.25) is 9.88 Å². The van der Waals surface area contributed by atoms with E-state index in [4.69, 9.17) is 18.9 Å². The lowest BCUT2D eigenvalue weighted by atomic mass is 10.1. The number of nitrogens with zero attached hydrogens (tertiary/aromatic N) is 2. The highest BCUT2D eigenvalue weighted by Crippen LogP contribution is 2.17. The molecule has 1 saturated heterocycles. The highest BCUT2D eigenvalue weighted by atomic mass is 16.6. The molecule has 0 saturated carbocycles. The van der Waals surface area contributed by atoms with Gasteiger partial charge in [0, 0.05) is 31.4 Å². The van der Waals surface area contributed by atoms with E-state index in [9.17, 15) is 0 Å². The van der Waals surface area contributed by atoms with Crippen LogP contribution >= 0.6 is 0 Å². The summed E-state index contributed by atoms with van der Waals surface area (Å²) in [5.41, 5.74) is 3.40. The lowest BCUT2D eigenvalue weighted by Crippen LogP contribution is -2.31. The van der Waals surface area contributed by atoms with Gasteiger partial charge < -0.3 is 18.9 Å².